The lowest BCUT2D eigenvalue weighted by atomic mass is 10.1. The monoisotopic (exact) mass is 294 g/mol. The zero-order valence-corrected chi connectivity index (χ0v) is 11.3. The van der Waals surface area contributed by atoms with Gasteiger partial charge in [-0.2, -0.15) is 13.2 Å². The summed E-state index contributed by atoms with van der Waals surface area (Å²) in [5.74, 6) is 0. The van der Waals surface area contributed by atoms with Crippen LogP contribution in [-0.4, -0.2) is 42.4 Å². The van der Waals surface area contributed by atoms with Crippen LogP contribution in [0, 0.1) is 0 Å². The number of likely N-dealkylation sites (tertiary alicyclic amines) is 1. The van der Waals surface area contributed by atoms with Crippen LogP contribution in [0.2, 0.25) is 0 Å². The van der Waals surface area contributed by atoms with Crippen molar-refractivity contribution < 1.29 is 18.0 Å². The second-order valence-corrected chi connectivity index (χ2v) is 6.04. The van der Waals surface area contributed by atoms with E-state index < -0.39 is 11.9 Å². The molecular weight excluding hydrogens is 277 g/mol. The Morgan fingerprint density at radius 3 is 2.53 bits per heavy atom. The Hall–Kier alpha value is -0.690. The molecule has 1 unspecified atom stereocenters. The predicted molar refractivity (Wildman–Crippen MR) is 68.6 cm³/mol. The largest absolute Gasteiger partial charge is 0.432 e. The van der Waals surface area contributed by atoms with Gasteiger partial charge >= 0.3 is 6.18 Å². The molecule has 0 aromatic rings. The quantitative estimate of drug-likeness (QED) is 0.808. The zero-order valence-electron chi connectivity index (χ0n) is 10.5. The van der Waals surface area contributed by atoms with E-state index in [9.17, 15) is 18.0 Å². The molecule has 1 saturated heterocycles. The Morgan fingerprint density at radius 2 is 2.00 bits per heavy atom. The Bertz CT molecular complexity index is 364. The fourth-order valence-electron chi connectivity index (χ4n) is 2.40. The SMILES string of the molecule is O=CC1=C(C(F)(F)F)NC(CCN2CCCCC2)S1. The molecule has 2 heterocycles. The number of aldehydes is 1. The number of thioether (sulfide) groups is 1. The summed E-state index contributed by atoms with van der Waals surface area (Å²) in [6.45, 7) is 2.83. The van der Waals surface area contributed by atoms with Gasteiger partial charge in [0.1, 0.15) is 5.70 Å². The molecule has 0 radical (unpaired) electrons. The van der Waals surface area contributed by atoms with Gasteiger partial charge in [0.15, 0.2) is 6.29 Å². The van der Waals surface area contributed by atoms with Gasteiger partial charge < -0.3 is 10.2 Å². The number of allylic oxidation sites excluding steroid dienone is 2. The number of nitrogens with one attached hydrogen (secondary N) is 1. The number of piperidine rings is 1. The summed E-state index contributed by atoms with van der Waals surface area (Å²) in [5, 5.41) is 2.08. The van der Waals surface area contributed by atoms with Crippen molar-refractivity contribution in [2.24, 2.45) is 0 Å². The van der Waals surface area contributed by atoms with Crippen molar-refractivity contribution in [1.29, 1.82) is 0 Å². The molecule has 0 spiro atoms. The van der Waals surface area contributed by atoms with Gasteiger partial charge in [-0.3, -0.25) is 4.79 Å². The molecule has 0 aliphatic carbocycles. The first kappa shape index (κ1) is 14.7. The van der Waals surface area contributed by atoms with Crippen LogP contribution in [0.4, 0.5) is 13.2 Å². The summed E-state index contributed by atoms with van der Waals surface area (Å²) in [7, 11) is 0. The third-order valence-electron chi connectivity index (χ3n) is 3.37. The second kappa shape index (κ2) is 6.17. The molecule has 0 aromatic heterocycles. The van der Waals surface area contributed by atoms with Crippen LogP contribution in [-0.2, 0) is 4.79 Å². The van der Waals surface area contributed by atoms with E-state index in [-0.39, 0.29) is 10.3 Å². The lowest BCUT2D eigenvalue weighted by Crippen LogP contribution is -2.35. The Morgan fingerprint density at radius 1 is 1.32 bits per heavy atom. The fourth-order valence-corrected chi connectivity index (χ4v) is 3.45. The topological polar surface area (TPSA) is 32.3 Å². The van der Waals surface area contributed by atoms with E-state index in [1.165, 1.54) is 6.42 Å². The molecule has 1 fully saturated rings. The van der Waals surface area contributed by atoms with Crippen LogP contribution >= 0.6 is 11.8 Å². The lowest BCUT2D eigenvalue weighted by Gasteiger charge is -2.27. The summed E-state index contributed by atoms with van der Waals surface area (Å²) in [5.41, 5.74) is -0.879. The van der Waals surface area contributed by atoms with Crippen molar-refractivity contribution in [3.05, 3.63) is 10.6 Å². The number of hydrogen-bond acceptors (Lipinski definition) is 4. The summed E-state index contributed by atoms with van der Waals surface area (Å²) >= 11 is 0.988. The zero-order chi connectivity index (χ0) is 13.9. The molecule has 3 nitrogen and oxygen atoms in total. The van der Waals surface area contributed by atoms with Gasteiger partial charge in [0.05, 0.1) is 10.3 Å². The van der Waals surface area contributed by atoms with E-state index in [1.807, 2.05) is 0 Å². The minimum Gasteiger partial charge on any atom is -0.368 e. The minimum atomic E-state index is -4.47. The molecule has 1 atom stereocenters. The van der Waals surface area contributed by atoms with Crippen LogP contribution in [0.5, 0.6) is 0 Å². The van der Waals surface area contributed by atoms with Crippen molar-refractivity contribution in [1.82, 2.24) is 10.2 Å². The van der Waals surface area contributed by atoms with Crippen LogP contribution in [0.25, 0.3) is 0 Å². The smallest absolute Gasteiger partial charge is 0.368 e. The number of halogens is 3. The van der Waals surface area contributed by atoms with Crippen molar-refractivity contribution in [3.63, 3.8) is 0 Å². The summed E-state index contributed by atoms with van der Waals surface area (Å²) in [6.07, 6.45) is 0.00182. The number of rotatable bonds is 4. The Kier molecular flexibility index (Phi) is 4.78. The fraction of sp³-hybridized carbons (Fsp3) is 0.750. The van der Waals surface area contributed by atoms with Crippen LogP contribution in [0.1, 0.15) is 25.7 Å². The van der Waals surface area contributed by atoms with E-state index in [0.717, 1.165) is 44.2 Å². The molecule has 0 saturated carbocycles. The minimum absolute atomic E-state index is 0.226. The van der Waals surface area contributed by atoms with E-state index in [4.69, 9.17) is 0 Å². The first-order chi connectivity index (χ1) is 9.00. The molecule has 1 N–H and O–H groups in total. The molecule has 0 bridgehead atoms. The molecular formula is C12H17F3N2OS. The van der Waals surface area contributed by atoms with E-state index >= 15 is 0 Å². The highest BCUT2D eigenvalue weighted by molar-refractivity contribution is 8.04. The van der Waals surface area contributed by atoms with E-state index in [1.54, 1.807) is 0 Å². The number of hydrogen-bond donors (Lipinski definition) is 1. The van der Waals surface area contributed by atoms with E-state index in [0.29, 0.717) is 12.7 Å². The number of carbonyl (C=O) groups is 1. The van der Waals surface area contributed by atoms with Gasteiger partial charge in [-0.15, -0.1) is 0 Å². The normalized spacial score (nSPS) is 25.5. The summed E-state index contributed by atoms with van der Waals surface area (Å²) in [6, 6.07) is 0. The van der Waals surface area contributed by atoms with Gasteiger partial charge in [-0.05, 0) is 32.4 Å². The van der Waals surface area contributed by atoms with Gasteiger partial charge in [0.2, 0.25) is 0 Å². The first-order valence-electron chi connectivity index (χ1n) is 6.43. The molecule has 2 aliphatic rings. The maximum atomic E-state index is 12.7. The van der Waals surface area contributed by atoms with Crippen molar-refractivity contribution in [2.75, 3.05) is 19.6 Å². The van der Waals surface area contributed by atoms with Gasteiger partial charge in [0.25, 0.3) is 0 Å². The summed E-state index contributed by atoms with van der Waals surface area (Å²) < 4.78 is 38.0. The highest BCUT2D eigenvalue weighted by Gasteiger charge is 2.42. The van der Waals surface area contributed by atoms with Crippen LogP contribution < -0.4 is 5.32 Å². The Balaban J connectivity index is 1.83. The second-order valence-electron chi connectivity index (χ2n) is 4.80. The maximum Gasteiger partial charge on any atom is 0.432 e. The Labute approximate surface area is 114 Å². The molecule has 108 valence electrons. The highest BCUT2D eigenvalue weighted by Crippen LogP contribution is 2.38. The van der Waals surface area contributed by atoms with Gasteiger partial charge in [-0.25, -0.2) is 0 Å². The summed E-state index contributed by atoms with van der Waals surface area (Å²) in [4.78, 5) is 12.7. The number of alkyl halides is 3. The van der Waals surface area contributed by atoms with Crippen molar-refractivity contribution in [2.45, 2.75) is 37.2 Å². The predicted octanol–water partition coefficient (Wildman–Crippen LogP) is 2.50. The molecule has 7 heteroatoms. The number of nitrogens with zero attached hydrogens (tertiary/aromatic N) is 1. The highest BCUT2D eigenvalue weighted by atomic mass is 32.2. The maximum absolute atomic E-state index is 12.7. The van der Waals surface area contributed by atoms with Crippen molar-refractivity contribution >= 4 is 18.0 Å². The van der Waals surface area contributed by atoms with E-state index in [2.05, 4.69) is 10.2 Å². The average molecular weight is 294 g/mol. The van der Waals surface area contributed by atoms with Gasteiger partial charge in [-0.1, -0.05) is 18.2 Å². The first-order valence-corrected chi connectivity index (χ1v) is 7.31. The van der Waals surface area contributed by atoms with Crippen molar-refractivity contribution in [3.8, 4) is 0 Å². The third kappa shape index (κ3) is 3.89. The number of carbonyl (C=O) groups excluding carboxylic acids is 1. The molecule has 0 aromatic carbocycles. The van der Waals surface area contributed by atoms with Crippen LogP contribution in [0.3, 0.4) is 0 Å². The standard InChI is InChI=1S/C12H17F3N2OS/c13-12(14,15)11-9(8-18)19-10(16-11)4-7-17-5-2-1-3-6-17/h8,10,16H,1-7H2. The lowest BCUT2D eigenvalue weighted by molar-refractivity contribution is -0.107. The molecule has 2 aliphatic heterocycles. The molecule has 0 amide bonds. The third-order valence-corrected chi connectivity index (χ3v) is 4.56. The average Bonchev–Trinajstić information content (AvgIpc) is 2.81. The molecule has 19 heavy (non-hydrogen) atoms. The van der Waals surface area contributed by atoms with Crippen LogP contribution in [0.15, 0.2) is 10.6 Å². The molecule has 2 rings (SSSR count). The van der Waals surface area contributed by atoms with Gasteiger partial charge in [0, 0.05) is 6.54 Å².